The summed E-state index contributed by atoms with van der Waals surface area (Å²) < 4.78 is 11.8. The van der Waals surface area contributed by atoms with Crippen molar-refractivity contribution in [3.05, 3.63) is 58.1 Å². The quantitative estimate of drug-likeness (QED) is 0.787. The molecule has 0 bridgehead atoms. The Morgan fingerprint density at radius 1 is 1.19 bits per heavy atom. The third-order valence-electron chi connectivity index (χ3n) is 4.23. The lowest BCUT2D eigenvalue weighted by Crippen LogP contribution is -2.40. The van der Waals surface area contributed by atoms with E-state index in [1.54, 1.807) is 29.2 Å². The number of amides is 2. The zero-order chi connectivity index (χ0) is 19.2. The molecule has 2 aromatic rings. The van der Waals surface area contributed by atoms with Gasteiger partial charge in [0.2, 0.25) is 0 Å². The molecule has 0 spiro atoms. The van der Waals surface area contributed by atoms with Crippen molar-refractivity contribution in [2.45, 2.75) is 6.92 Å². The van der Waals surface area contributed by atoms with E-state index in [0.29, 0.717) is 43.3 Å². The Balaban J connectivity index is 1.62. The van der Waals surface area contributed by atoms with Crippen LogP contribution in [-0.4, -0.2) is 49.6 Å². The second-order valence-electron chi connectivity index (χ2n) is 6.20. The van der Waals surface area contributed by atoms with Crippen LogP contribution in [0.25, 0.3) is 0 Å². The van der Waals surface area contributed by atoms with Gasteiger partial charge in [-0.15, -0.1) is 0 Å². The molecular formula is C20H21BrN2O4. The van der Waals surface area contributed by atoms with Gasteiger partial charge in [-0.2, -0.15) is 0 Å². The Labute approximate surface area is 166 Å². The van der Waals surface area contributed by atoms with Gasteiger partial charge in [-0.05, 0) is 36.8 Å². The Bertz CT molecular complexity index is 834. The minimum atomic E-state index is -0.292. The average molecular weight is 433 g/mol. The van der Waals surface area contributed by atoms with Gasteiger partial charge in [-0.3, -0.25) is 9.59 Å². The highest BCUT2D eigenvalue weighted by Crippen LogP contribution is 2.22. The number of nitrogens with one attached hydrogen (secondary N) is 1. The molecule has 0 atom stereocenters. The Hall–Kier alpha value is -2.38. The summed E-state index contributed by atoms with van der Waals surface area (Å²) in [6.45, 7) is 3.96. The van der Waals surface area contributed by atoms with Crippen LogP contribution in [0.1, 0.15) is 15.9 Å². The van der Waals surface area contributed by atoms with Crippen molar-refractivity contribution < 1.29 is 19.1 Å². The molecule has 3 rings (SSSR count). The summed E-state index contributed by atoms with van der Waals surface area (Å²) in [7, 11) is 0. The van der Waals surface area contributed by atoms with E-state index in [1.807, 2.05) is 25.1 Å². The van der Waals surface area contributed by atoms with E-state index in [0.717, 1.165) is 10.0 Å². The summed E-state index contributed by atoms with van der Waals surface area (Å²) in [5.41, 5.74) is 2.21. The molecule has 2 aromatic carbocycles. The van der Waals surface area contributed by atoms with Gasteiger partial charge in [0.25, 0.3) is 11.8 Å². The molecule has 1 heterocycles. The number of halogens is 1. The van der Waals surface area contributed by atoms with Crippen molar-refractivity contribution >= 4 is 33.4 Å². The fourth-order valence-corrected chi connectivity index (χ4v) is 3.10. The summed E-state index contributed by atoms with van der Waals surface area (Å²) in [4.78, 5) is 26.6. The average Bonchev–Trinajstić information content (AvgIpc) is 2.69. The first-order valence-electron chi connectivity index (χ1n) is 8.69. The highest BCUT2D eigenvalue weighted by molar-refractivity contribution is 9.10. The van der Waals surface area contributed by atoms with Crippen LogP contribution in [0.3, 0.4) is 0 Å². The maximum atomic E-state index is 12.7. The number of carbonyl (C=O) groups is 2. The van der Waals surface area contributed by atoms with Gasteiger partial charge in [0.1, 0.15) is 5.75 Å². The van der Waals surface area contributed by atoms with Crippen molar-refractivity contribution in [2.75, 3.05) is 38.2 Å². The maximum Gasteiger partial charge on any atom is 0.262 e. The number of nitrogens with zero attached hydrogens (tertiary/aromatic N) is 1. The summed E-state index contributed by atoms with van der Waals surface area (Å²) in [6, 6.07) is 12.5. The van der Waals surface area contributed by atoms with Crippen LogP contribution in [-0.2, 0) is 9.53 Å². The molecule has 27 heavy (non-hydrogen) atoms. The third kappa shape index (κ3) is 5.08. The van der Waals surface area contributed by atoms with Gasteiger partial charge in [-0.1, -0.05) is 34.1 Å². The lowest BCUT2D eigenvalue weighted by Gasteiger charge is -2.27. The number of carbonyl (C=O) groups excluding carboxylic acids is 2. The van der Waals surface area contributed by atoms with Gasteiger partial charge in [-0.25, -0.2) is 0 Å². The van der Waals surface area contributed by atoms with Gasteiger partial charge in [0, 0.05) is 23.2 Å². The molecule has 0 aliphatic carbocycles. The first kappa shape index (κ1) is 19.4. The first-order chi connectivity index (χ1) is 13.0. The number of hydrogen-bond donors (Lipinski definition) is 1. The lowest BCUT2D eigenvalue weighted by atomic mass is 10.1. The Morgan fingerprint density at radius 3 is 2.67 bits per heavy atom. The van der Waals surface area contributed by atoms with Crippen molar-refractivity contribution in [3.63, 3.8) is 0 Å². The van der Waals surface area contributed by atoms with E-state index in [9.17, 15) is 9.59 Å². The molecule has 1 fully saturated rings. The van der Waals surface area contributed by atoms with E-state index in [1.165, 1.54) is 0 Å². The largest absolute Gasteiger partial charge is 0.483 e. The Kier molecular flexibility index (Phi) is 6.47. The summed E-state index contributed by atoms with van der Waals surface area (Å²) in [6.07, 6.45) is 0. The van der Waals surface area contributed by atoms with Gasteiger partial charge < -0.3 is 19.7 Å². The molecule has 6 nitrogen and oxygen atoms in total. The second-order valence-corrected chi connectivity index (χ2v) is 7.06. The van der Waals surface area contributed by atoms with Crippen molar-refractivity contribution in [3.8, 4) is 5.75 Å². The predicted octanol–water partition coefficient (Wildman–Crippen LogP) is 3.25. The highest BCUT2D eigenvalue weighted by atomic mass is 79.9. The number of rotatable bonds is 5. The van der Waals surface area contributed by atoms with Crippen LogP contribution in [0.15, 0.2) is 46.9 Å². The number of aryl methyl sites for hydroxylation is 1. The van der Waals surface area contributed by atoms with Gasteiger partial charge in [0.15, 0.2) is 6.61 Å². The zero-order valence-corrected chi connectivity index (χ0v) is 16.6. The van der Waals surface area contributed by atoms with Crippen LogP contribution in [0.5, 0.6) is 5.75 Å². The number of ether oxygens (including phenoxy) is 2. The molecule has 0 radical (unpaired) electrons. The third-order valence-corrected chi connectivity index (χ3v) is 5.08. The van der Waals surface area contributed by atoms with E-state index in [2.05, 4.69) is 21.2 Å². The number of hydrogen-bond acceptors (Lipinski definition) is 4. The van der Waals surface area contributed by atoms with Crippen LogP contribution in [0.2, 0.25) is 0 Å². The summed E-state index contributed by atoms with van der Waals surface area (Å²) in [5.74, 6) is -0.00891. The normalized spacial score (nSPS) is 13.9. The van der Waals surface area contributed by atoms with E-state index < -0.39 is 0 Å². The molecule has 0 aromatic heterocycles. The van der Waals surface area contributed by atoms with Crippen LogP contribution in [0.4, 0.5) is 5.69 Å². The maximum absolute atomic E-state index is 12.7. The van der Waals surface area contributed by atoms with Gasteiger partial charge in [0.05, 0.1) is 18.8 Å². The predicted molar refractivity (Wildman–Crippen MR) is 106 cm³/mol. The van der Waals surface area contributed by atoms with Crippen molar-refractivity contribution in [1.29, 1.82) is 0 Å². The monoisotopic (exact) mass is 432 g/mol. The van der Waals surface area contributed by atoms with Crippen LogP contribution >= 0.6 is 15.9 Å². The zero-order valence-electron chi connectivity index (χ0n) is 15.0. The molecule has 1 N–H and O–H groups in total. The standard InChI is InChI=1S/C20H21BrN2O4/c1-14-6-7-15(12-17(14)21)22-19(24)13-27-18-5-3-2-4-16(18)20(25)23-8-10-26-11-9-23/h2-7,12H,8-11,13H2,1H3,(H,22,24). The van der Waals surface area contributed by atoms with Gasteiger partial charge >= 0.3 is 0 Å². The SMILES string of the molecule is Cc1ccc(NC(=O)COc2ccccc2C(=O)N2CCOCC2)cc1Br. The fourth-order valence-electron chi connectivity index (χ4n) is 2.72. The van der Waals surface area contributed by atoms with E-state index in [-0.39, 0.29) is 18.4 Å². The topological polar surface area (TPSA) is 67.9 Å². The molecule has 2 amide bonds. The van der Waals surface area contributed by atoms with Crippen molar-refractivity contribution in [1.82, 2.24) is 4.90 Å². The number of morpholine rings is 1. The smallest absolute Gasteiger partial charge is 0.262 e. The molecule has 1 aliphatic heterocycles. The highest BCUT2D eigenvalue weighted by Gasteiger charge is 2.21. The molecule has 1 saturated heterocycles. The van der Waals surface area contributed by atoms with Crippen molar-refractivity contribution in [2.24, 2.45) is 0 Å². The number of benzene rings is 2. The molecule has 7 heteroatoms. The molecule has 1 aliphatic rings. The lowest BCUT2D eigenvalue weighted by molar-refractivity contribution is -0.118. The molecule has 142 valence electrons. The molecule has 0 saturated carbocycles. The molecule has 0 unspecified atom stereocenters. The number of para-hydroxylation sites is 1. The fraction of sp³-hybridized carbons (Fsp3) is 0.300. The summed E-state index contributed by atoms with van der Waals surface area (Å²) >= 11 is 3.44. The van der Waals surface area contributed by atoms with E-state index in [4.69, 9.17) is 9.47 Å². The van der Waals surface area contributed by atoms with Crippen LogP contribution in [0, 0.1) is 6.92 Å². The first-order valence-corrected chi connectivity index (χ1v) is 9.49. The summed E-state index contributed by atoms with van der Waals surface area (Å²) in [5, 5.41) is 2.79. The minimum Gasteiger partial charge on any atom is -0.483 e. The Morgan fingerprint density at radius 2 is 1.93 bits per heavy atom. The van der Waals surface area contributed by atoms with Crippen LogP contribution < -0.4 is 10.1 Å². The minimum absolute atomic E-state index is 0.114. The number of anilines is 1. The van der Waals surface area contributed by atoms with E-state index >= 15 is 0 Å². The second kappa shape index (κ2) is 9.01. The molecular weight excluding hydrogens is 412 g/mol.